The van der Waals surface area contributed by atoms with E-state index < -0.39 is 5.82 Å². The summed E-state index contributed by atoms with van der Waals surface area (Å²) >= 11 is 9.31. The lowest BCUT2D eigenvalue weighted by atomic mass is 10.0. The molecule has 2 heterocycles. The molecule has 1 aromatic heterocycles. The third-order valence-electron chi connectivity index (χ3n) is 4.21. The molecule has 0 saturated heterocycles. The lowest BCUT2D eigenvalue weighted by Crippen LogP contribution is -2.09. The molecule has 2 atom stereocenters. The molecule has 0 saturated carbocycles. The molecule has 0 unspecified atom stereocenters. The highest BCUT2D eigenvalue weighted by atomic mass is 79.9. The molecule has 23 heavy (non-hydrogen) atoms. The van der Waals surface area contributed by atoms with Gasteiger partial charge >= 0.3 is 0 Å². The smallest absolute Gasteiger partial charge is 0.144 e. The van der Waals surface area contributed by atoms with E-state index in [1.807, 2.05) is 4.57 Å². The van der Waals surface area contributed by atoms with Gasteiger partial charge in [0, 0.05) is 16.1 Å². The molecule has 3 aromatic rings. The van der Waals surface area contributed by atoms with E-state index in [9.17, 15) is 8.78 Å². The van der Waals surface area contributed by atoms with E-state index in [0.29, 0.717) is 33.3 Å². The Hall–Kier alpha value is -1.50. The largest absolute Gasteiger partial charge is 0.321 e. The lowest BCUT2D eigenvalue weighted by Gasteiger charge is -2.17. The fourth-order valence-electron chi connectivity index (χ4n) is 3.23. The third kappa shape index (κ3) is 2.20. The van der Waals surface area contributed by atoms with Gasteiger partial charge in [0.15, 0.2) is 0 Å². The number of rotatable bonds is 1. The molecule has 2 N–H and O–H groups in total. The first-order chi connectivity index (χ1) is 11.0. The van der Waals surface area contributed by atoms with Gasteiger partial charge in [-0.05, 0) is 24.6 Å². The molecule has 1 aliphatic heterocycles. The van der Waals surface area contributed by atoms with Crippen LogP contribution >= 0.6 is 27.5 Å². The average molecular weight is 399 g/mol. The van der Waals surface area contributed by atoms with Crippen molar-refractivity contribution in [2.24, 2.45) is 5.73 Å². The Labute approximate surface area is 144 Å². The van der Waals surface area contributed by atoms with Crippen molar-refractivity contribution in [1.82, 2.24) is 9.55 Å². The summed E-state index contributed by atoms with van der Waals surface area (Å²) in [4.78, 5) is 4.41. The highest BCUT2D eigenvalue weighted by molar-refractivity contribution is 9.10. The molecule has 118 valence electrons. The van der Waals surface area contributed by atoms with Gasteiger partial charge in [-0.25, -0.2) is 13.8 Å². The predicted octanol–water partition coefficient (Wildman–Crippen LogP) is 4.72. The molecule has 0 radical (unpaired) electrons. The highest BCUT2D eigenvalue weighted by Gasteiger charge is 2.35. The second kappa shape index (κ2) is 5.26. The third-order valence-corrected chi connectivity index (χ3v) is 5.19. The summed E-state index contributed by atoms with van der Waals surface area (Å²) in [6.07, 6.45) is 0.521. The molecule has 4 rings (SSSR count). The number of benzene rings is 2. The normalized spacial score (nSPS) is 20.2. The monoisotopic (exact) mass is 397 g/mol. The van der Waals surface area contributed by atoms with E-state index in [4.69, 9.17) is 17.3 Å². The number of nitrogens with zero attached hydrogens (tertiary/aromatic N) is 2. The molecule has 0 aliphatic carbocycles. The second-order valence-corrected chi connectivity index (χ2v) is 6.85. The van der Waals surface area contributed by atoms with Gasteiger partial charge in [0.2, 0.25) is 0 Å². The van der Waals surface area contributed by atoms with Crippen molar-refractivity contribution >= 4 is 38.6 Å². The Balaban J connectivity index is 2.00. The first-order valence-electron chi connectivity index (χ1n) is 7.03. The van der Waals surface area contributed by atoms with E-state index in [0.717, 1.165) is 0 Å². The van der Waals surface area contributed by atoms with Crippen LogP contribution in [-0.4, -0.2) is 9.55 Å². The zero-order valence-electron chi connectivity index (χ0n) is 11.7. The maximum Gasteiger partial charge on any atom is 0.144 e. The van der Waals surface area contributed by atoms with Crippen LogP contribution in [0.3, 0.4) is 0 Å². The molecule has 3 nitrogen and oxygen atoms in total. The molecular weight excluding hydrogens is 388 g/mol. The van der Waals surface area contributed by atoms with Gasteiger partial charge in [-0.1, -0.05) is 33.6 Å². The number of aromatic nitrogens is 2. The number of fused-ring (bicyclic) bond motifs is 3. The summed E-state index contributed by atoms with van der Waals surface area (Å²) < 4.78 is 30.6. The zero-order valence-corrected chi connectivity index (χ0v) is 14.1. The van der Waals surface area contributed by atoms with Crippen molar-refractivity contribution in [3.05, 3.63) is 62.8 Å². The first-order valence-corrected chi connectivity index (χ1v) is 8.21. The van der Waals surface area contributed by atoms with Crippen molar-refractivity contribution in [3.63, 3.8) is 0 Å². The van der Waals surface area contributed by atoms with Crippen molar-refractivity contribution in [2.45, 2.75) is 18.5 Å². The molecule has 2 aromatic carbocycles. The molecule has 0 amide bonds. The van der Waals surface area contributed by atoms with Crippen LogP contribution in [0, 0.1) is 11.6 Å². The maximum absolute atomic E-state index is 14.4. The van der Waals surface area contributed by atoms with Crippen LogP contribution in [-0.2, 0) is 0 Å². The summed E-state index contributed by atoms with van der Waals surface area (Å²) in [5, 5.41) is 0.00650. The molecule has 0 fully saturated rings. The number of hydrogen-bond donors (Lipinski definition) is 1. The van der Waals surface area contributed by atoms with Gasteiger partial charge < -0.3 is 10.3 Å². The quantitative estimate of drug-likeness (QED) is 0.644. The van der Waals surface area contributed by atoms with E-state index in [-0.39, 0.29) is 22.9 Å². The number of nitrogens with two attached hydrogens (primary N) is 1. The minimum Gasteiger partial charge on any atom is -0.321 e. The Morgan fingerprint density at radius 2 is 2.04 bits per heavy atom. The summed E-state index contributed by atoms with van der Waals surface area (Å²) in [6.45, 7) is 0. The van der Waals surface area contributed by atoms with Crippen LogP contribution in [0.5, 0.6) is 0 Å². The SMILES string of the molecule is N[C@@H]1C[C@H](c2c(F)cccc2Br)n2c1nc1cc(F)c(Cl)cc12. The van der Waals surface area contributed by atoms with Crippen molar-refractivity contribution in [3.8, 4) is 0 Å². The van der Waals surface area contributed by atoms with Gasteiger partial charge in [-0.15, -0.1) is 0 Å². The van der Waals surface area contributed by atoms with Crippen molar-refractivity contribution in [1.29, 1.82) is 0 Å². The molecule has 0 spiro atoms. The van der Waals surface area contributed by atoms with Crippen LogP contribution in [0.2, 0.25) is 5.02 Å². The van der Waals surface area contributed by atoms with Crippen LogP contribution in [0.4, 0.5) is 8.78 Å². The first kappa shape index (κ1) is 15.1. The summed E-state index contributed by atoms with van der Waals surface area (Å²) in [7, 11) is 0. The number of hydrogen-bond acceptors (Lipinski definition) is 2. The topological polar surface area (TPSA) is 43.8 Å². The van der Waals surface area contributed by atoms with Crippen LogP contribution < -0.4 is 5.73 Å². The Kier molecular flexibility index (Phi) is 3.44. The summed E-state index contributed by atoms with van der Waals surface area (Å²) in [5.41, 5.74) is 7.80. The standard InChI is InChI=1S/C16H11BrClF2N3/c17-7-2-1-3-9(19)15(7)14-6-11(21)16-22-12-5-10(20)8(18)4-13(12)23(14)16/h1-5,11,14H,6,21H2/t11-,14-/m1/s1. The van der Waals surface area contributed by atoms with Gasteiger partial charge in [0.05, 0.1) is 28.1 Å². The minimum absolute atomic E-state index is 0.00650. The van der Waals surface area contributed by atoms with Crippen LogP contribution in [0.25, 0.3) is 11.0 Å². The van der Waals surface area contributed by atoms with Crippen molar-refractivity contribution in [2.75, 3.05) is 0 Å². The predicted molar refractivity (Wildman–Crippen MR) is 88.5 cm³/mol. The molecule has 7 heteroatoms. The van der Waals surface area contributed by atoms with Crippen molar-refractivity contribution < 1.29 is 8.78 Å². The molecular formula is C16H11BrClF2N3. The van der Waals surface area contributed by atoms with Crippen LogP contribution in [0.15, 0.2) is 34.8 Å². The number of imidazole rings is 1. The summed E-state index contributed by atoms with van der Waals surface area (Å²) in [6, 6.07) is 6.97. The van der Waals surface area contributed by atoms with Gasteiger partial charge in [0.1, 0.15) is 17.5 Å². The van der Waals surface area contributed by atoms with Gasteiger partial charge in [-0.3, -0.25) is 0 Å². The minimum atomic E-state index is -0.534. The fourth-order valence-corrected chi connectivity index (χ4v) is 3.99. The Morgan fingerprint density at radius 3 is 2.78 bits per heavy atom. The molecule has 0 bridgehead atoms. The zero-order chi connectivity index (χ0) is 16.3. The fraction of sp³-hybridized carbons (Fsp3) is 0.188. The second-order valence-electron chi connectivity index (χ2n) is 5.59. The average Bonchev–Trinajstić information content (AvgIpc) is 2.99. The van der Waals surface area contributed by atoms with E-state index >= 15 is 0 Å². The summed E-state index contributed by atoms with van der Waals surface area (Å²) in [5.74, 6) is -0.241. The Morgan fingerprint density at radius 1 is 1.26 bits per heavy atom. The van der Waals surface area contributed by atoms with E-state index in [2.05, 4.69) is 20.9 Å². The lowest BCUT2D eigenvalue weighted by molar-refractivity contribution is 0.538. The highest BCUT2D eigenvalue weighted by Crippen LogP contribution is 2.43. The van der Waals surface area contributed by atoms with Gasteiger partial charge in [0.25, 0.3) is 0 Å². The number of halogens is 4. The van der Waals surface area contributed by atoms with Gasteiger partial charge in [-0.2, -0.15) is 0 Å². The van der Waals surface area contributed by atoms with E-state index in [1.165, 1.54) is 18.2 Å². The maximum atomic E-state index is 14.4. The molecule has 1 aliphatic rings. The van der Waals surface area contributed by atoms with E-state index in [1.54, 1.807) is 12.1 Å². The Bertz CT molecular complexity index is 920. The van der Waals surface area contributed by atoms with Crippen LogP contribution in [0.1, 0.15) is 29.9 Å².